The van der Waals surface area contributed by atoms with E-state index in [1.165, 1.54) is 33.0 Å². The molecule has 0 aliphatic heterocycles. The van der Waals surface area contributed by atoms with Crippen LogP contribution in [0.1, 0.15) is 30.4 Å². The minimum atomic E-state index is 0.521. The molecule has 108 valence electrons. The average molecular weight is 285 g/mol. The Labute approximate surface area is 131 Å². The number of fused-ring (bicyclic) bond motifs is 3. The van der Waals surface area contributed by atoms with Crippen LogP contribution in [0.3, 0.4) is 0 Å². The van der Waals surface area contributed by atoms with Crippen molar-refractivity contribution in [3.05, 3.63) is 71.8 Å². The number of rotatable bonds is 1. The molecule has 0 radical (unpaired) electrons. The van der Waals surface area contributed by atoms with Crippen LogP contribution in [0, 0.1) is 0 Å². The second-order valence-electron chi connectivity index (χ2n) is 6.07. The van der Waals surface area contributed by atoms with E-state index < -0.39 is 0 Å². The highest BCUT2D eigenvalue weighted by molar-refractivity contribution is 6.06. The molecule has 3 aromatic rings. The third-order valence-corrected chi connectivity index (χ3v) is 4.67. The number of hydrogen-bond donors (Lipinski definition) is 1. The van der Waals surface area contributed by atoms with Crippen molar-refractivity contribution in [2.24, 2.45) is 0 Å². The summed E-state index contributed by atoms with van der Waals surface area (Å²) >= 11 is 0. The van der Waals surface area contributed by atoms with E-state index in [1.54, 1.807) is 0 Å². The van der Waals surface area contributed by atoms with Gasteiger partial charge in [0, 0.05) is 16.6 Å². The van der Waals surface area contributed by atoms with Gasteiger partial charge in [0.25, 0.3) is 0 Å². The molecule has 1 heteroatoms. The maximum Gasteiger partial charge on any atom is 0.0479 e. The van der Waals surface area contributed by atoms with Crippen LogP contribution >= 0.6 is 0 Å². The van der Waals surface area contributed by atoms with Gasteiger partial charge in [-0.1, -0.05) is 73.7 Å². The summed E-state index contributed by atoms with van der Waals surface area (Å²) in [5, 5.41) is 2.47. The third kappa shape index (κ3) is 1.86. The summed E-state index contributed by atoms with van der Waals surface area (Å²) in [5.74, 6) is 0.521. The van der Waals surface area contributed by atoms with Crippen LogP contribution in [0.2, 0.25) is 0 Å². The van der Waals surface area contributed by atoms with Crippen molar-refractivity contribution in [1.29, 1.82) is 0 Å². The predicted molar refractivity (Wildman–Crippen MR) is 95.9 cm³/mol. The number of hydrogen-bond acceptors (Lipinski definition) is 1. The monoisotopic (exact) mass is 285 g/mol. The van der Waals surface area contributed by atoms with E-state index in [2.05, 4.69) is 67.6 Å². The second-order valence-corrected chi connectivity index (χ2v) is 6.07. The van der Waals surface area contributed by atoms with Crippen molar-refractivity contribution in [1.82, 2.24) is 0 Å². The average Bonchev–Trinajstić information content (AvgIpc) is 2.56. The van der Waals surface area contributed by atoms with E-state index in [0.717, 1.165) is 12.1 Å². The number of nitrogen functional groups attached to an aromatic ring is 1. The van der Waals surface area contributed by atoms with Crippen LogP contribution < -0.4 is 5.73 Å². The zero-order valence-electron chi connectivity index (χ0n) is 12.7. The molecule has 0 fully saturated rings. The minimum Gasteiger partial charge on any atom is -0.398 e. The second kappa shape index (κ2) is 5.03. The largest absolute Gasteiger partial charge is 0.398 e. The molecule has 0 amide bonds. The highest BCUT2D eigenvalue weighted by atomic mass is 14.6. The van der Waals surface area contributed by atoms with Gasteiger partial charge in [-0.2, -0.15) is 0 Å². The van der Waals surface area contributed by atoms with Gasteiger partial charge < -0.3 is 5.73 Å². The fourth-order valence-electron chi connectivity index (χ4n) is 3.64. The topological polar surface area (TPSA) is 26.0 Å². The van der Waals surface area contributed by atoms with Gasteiger partial charge in [-0.05, 0) is 34.4 Å². The van der Waals surface area contributed by atoms with Crippen LogP contribution in [-0.4, -0.2) is 0 Å². The quantitative estimate of drug-likeness (QED) is 0.578. The van der Waals surface area contributed by atoms with Crippen LogP contribution in [0.4, 0.5) is 5.69 Å². The Balaban J connectivity index is 2.18. The summed E-state index contributed by atoms with van der Waals surface area (Å²) in [6.07, 6.45) is 5.61. The summed E-state index contributed by atoms with van der Waals surface area (Å²) in [6.45, 7) is 2.31. The van der Waals surface area contributed by atoms with Crippen LogP contribution in [0.5, 0.6) is 0 Å². The smallest absolute Gasteiger partial charge is 0.0479 e. The van der Waals surface area contributed by atoms with Gasteiger partial charge in [-0.3, -0.25) is 0 Å². The molecule has 1 unspecified atom stereocenters. The SMILES string of the molecule is CC1CC=Cc2c(-c3ccccc3)c(N)c3ccccc3c21. The standard InChI is InChI=1S/C21H19N/c1-14-8-7-13-18-19(14)16-11-5-6-12-17(16)21(22)20(18)15-9-3-2-4-10-15/h2-7,9-14H,8,22H2,1H3. The molecule has 22 heavy (non-hydrogen) atoms. The number of nitrogens with two attached hydrogens (primary N) is 1. The number of anilines is 1. The van der Waals surface area contributed by atoms with Crippen LogP contribution in [-0.2, 0) is 0 Å². The molecule has 0 saturated carbocycles. The zero-order chi connectivity index (χ0) is 15.1. The summed E-state index contributed by atoms with van der Waals surface area (Å²) < 4.78 is 0. The van der Waals surface area contributed by atoms with Gasteiger partial charge in [0.1, 0.15) is 0 Å². The highest BCUT2D eigenvalue weighted by Gasteiger charge is 2.22. The molecule has 1 atom stereocenters. The van der Waals surface area contributed by atoms with E-state index in [-0.39, 0.29) is 0 Å². The molecule has 0 aromatic heterocycles. The first-order chi connectivity index (χ1) is 10.8. The van der Waals surface area contributed by atoms with Crippen molar-refractivity contribution >= 4 is 22.5 Å². The van der Waals surface area contributed by atoms with Gasteiger partial charge >= 0.3 is 0 Å². The fourth-order valence-corrected chi connectivity index (χ4v) is 3.64. The maximum atomic E-state index is 6.59. The first-order valence-corrected chi connectivity index (χ1v) is 7.83. The Morgan fingerprint density at radius 1 is 0.909 bits per heavy atom. The summed E-state index contributed by atoms with van der Waals surface area (Å²) in [4.78, 5) is 0. The van der Waals surface area contributed by atoms with E-state index in [0.29, 0.717) is 5.92 Å². The van der Waals surface area contributed by atoms with Crippen molar-refractivity contribution in [2.75, 3.05) is 5.73 Å². The first kappa shape index (κ1) is 13.1. The Bertz CT molecular complexity index is 875. The number of benzene rings is 3. The molecule has 0 bridgehead atoms. The molecule has 1 nitrogen and oxygen atoms in total. The zero-order valence-corrected chi connectivity index (χ0v) is 12.7. The van der Waals surface area contributed by atoms with Crippen molar-refractivity contribution < 1.29 is 0 Å². The van der Waals surface area contributed by atoms with Crippen LogP contribution in [0.15, 0.2) is 60.7 Å². The van der Waals surface area contributed by atoms with Crippen LogP contribution in [0.25, 0.3) is 28.0 Å². The molecule has 1 aliphatic carbocycles. The van der Waals surface area contributed by atoms with E-state index >= 15 is 0 Å². The van der Waals surface area contributed by atoms with Gasteiger partial charge in [0.2, 0.25) is 0 Å². The summed E-state index contributed by atoms with van der Waals surface area (Å²) in [5.41, 5.74) is 12.6. The van der Waals surface area contributed by atoms with Gasteiger partial charge in [0.15, 0.2) is 0 Å². The first-order valence-electron chi connectivity index (χ1n) is 7.83. The highest BCUT2D eigenvalue weighted by Crippen LogP contribution is 2.45. The van der Waals surface area contributed by atoms with Crippen molar-refractivity contribution in [3.63, 3.8) is 0 Å². The maximum absolute atomic E-state index is 6.59. The lowest BCUT2D eigenvalue weighted by Crippen LogP contribution is -2.06. The normalized spacial score (nSPS) is 16.7. The summed E-state index contributed by atoms with van der Waals surface area (Å²) in [7, 11) is 0. The molecular weight excluding hydrogens is 266 g/mol. The molecule has 0 saturated heterocycles. The van der Waals surface area contributed by atoms with Crippen molar-refractivity contribution in [3.8, 4) is 11.1 Å². The van der Waals surface area contributed by atoms with Gasteiger partial charge in [-0.25, -0.2) is 0 Å². The Morgan fingerprint density at radius 2 is 1.59 bits per heavy atom. The lowest BCUT2D eigenvalue weighted by Gasteiger charge is -2.25. The minimum absolute atomic E-state index is 0.521. The Kier molecular flexibility index (Phi) is 3.00. The molecule has 1 aliphatic rings. The molecule has 4 rings (SSSR count). The van der Waals surface area contributed by atoms with E-state index in [4.69, 9.17) is 5.73 Å². The van der Waals surface area contributed by atoms with Gasteiger partial charge in [-0.15, -0.1) is 0 Å². The Morgan fingerprint density at radius 3 is 2.36 bits per heavy atom. The van der Waals surface area contributed by atoms with E-state index in [9.17, 15) is 0 Å². The Hall–Kier alpha value is -2.54. The summed E-state index contributed by atoms with van der Waals surface area (Å²) in [6, 6.07) is 19.0. The predicted octanol–water partition coefficient (Wildman–Crippen LogP) is 5.61. The molecule has 0 heterocycles. The molecule has 3 aromatic carbocycles. The lowest BCUT2D eigenvalue weighted by atomic mass is 9.80. The molecule has 0 spiro atoms. The number of allylic oxidation sites excluding steroid dienone is 1. The van der Waals surface area contributed by atoms with E-state index in [1.807, 2.05) is 6.07 Å². The lowest BCUT2D eigenvalue weighted by molar-refractivity contribution is 0.780. The molecule has 2 N–H and O–H groups in total. The van der Waals surface area contributed by atoms with Gasteiger partial charge in [0.05, 0.1) is 0 Å². The fraction of sp³-hybridized carbons (Fsp3) is 0.143. The van der Waals surface area contributed by atoms with Crippen molar-refractivity contribution in [2.45, 2.75) is 19.3 Å². The third-order valence-electron chi connectivity index (χ3n) is 4.67. The molecular formula is C21H19N.